The standard InChI is InChI=1S/C19H21NO2/c1-14(11-12-15-7-3-2-4-8-15)20-19(21)18-13-16-9-5-6-10-17(16)22-18/h2-10,14,18H,11-13H2,1H3,(H,20,21). The zero-order chi connectivity index (χ0) is 15.4. The van der Waals surface area contributed by atoms with Crippen LogP contribution in [0.1, 0.15) is 24.5 Å². The van der Waals surface area contributed by atoms with Crippen molar-refractivity contribution in [2.45, 2.75) is 38.3 Å². The van der Waals surface area contributed by atoms with Crippen LogP contribution in [0.4, 0.5) is 0 Å². The second kappa shape index (κ2) is 6.65. The first-order chi connectivity index (χ1) is 10.7. The summed E-state index contributed by atoms with van der Waals surface area (Å²) >= 11 is 0. The van der Waals surface area contributed by atoms with Gasteiger partial charge in [0, 0.05) is 12.5 Å². The van der Waals surface area contributed by atoms with Gasteiger partial charge in [-0.05, 0) is 37.0 Å². The van der Waals surface area contributed by atoms with Crippen LogP contribution >= 0.6 is 0 Å². The van der Waals surface area contributed by atoms with Crippen molar-refractivity contribution in [3.63, 3.8) is 0 Å². The molecule has 2 unspecified atom stereocenters. The van der Waals surface area contributed by atoms with Crippen molar-refractivity contribution in [3.8, 4) is 5.75 Å². The lowest BCUT2D eigenvalue weighted by molar-refractivity contribution is -0.127. The number of amides is 1. The molecule has 3 heteroatoms. The minimum absolute atomic E-state index is 0.0169. The predicted octanol–water partition coefficient (Wildman–Crippen LogP) is 3.13. The van der Waals surface area contributed by atoms with Gasteiger partial charge in [0.1, 0.15) is 5.75 Å². The highest BCUT2D eigenvalue weighted by molar-refractivity contribution is 5.82. The van der Waals surface area contributed by atoms with Crippen LogP contribution in [0.15, 0.2) is 54.6 Å². The number of hydrogen-bond acceptors (Lipinski definition) is 2. The monoisotopic (exact) mass is 295 g/mol. The number of hydrogen-bond donors (Lipinski definition) is 1. The van der Waals surface area contributed by atoms with E-state index >= 15 is 0 Å². The molecule has 0 saturated carbocycles. The maximum absolute atomic E-state index is 12.3. The van der Waals surface area contributed by atoms with Gasteiger partial charge < -0.3 is 10.1 Å². The maximum Gasteiger partial charge on any atom is 0.261 e. The second-order valence-electron chi connectivity index (χ2n) is 5.85. The molecule has 2 aromatic rings. The Balaban J connectivity index is 1.48. The van der Waals surface area contributed by atoms with Crippen LogP contribution in [-0.4, -0.2) is 18.1 Å². The molecule has 1 aliphatic rings. The lowest BCUT2D eigenvalue weighted by atomic mass is 10.1. The molecule has 0 saturated heterocycles. The number of benzene rings is 2. The van der Waals surface area contributed by atoms with Crippen molar-refractivity contribution in [3.05, 3.63) is 65.7 Å². The van der Waals surface area contributed by atoms with Gasteiger partial charge in [-0.2, -0.15) is 0 Å². The molecule has 114 valence electrons. The Morgan fingerprint density at radius 3 is 2.68 bits per heavy atom. The second-order valence-corrected chi connectivity index (χ2v) is 5.85. The highest BCUT2D eigenvalue weighted by Crippen LogP contribution is 2.28. The van der Waals surface area contributed by atoms with Crippen molar-refractivity contribution in [2.24, 2.45) is 0 Å². The number of fused-ring (bicyclic) bond motifs is 1. The number of ether oxygens (including phenoxy) is 1. The van der Waals surface area contributed by atoms with Crippen molar-refractivity contribution in [1.29, 1.82) is 0 Å². The van der Waals surface area contributed by atoms with Gasteiger partial charge in [-0.3, -0.25) is 4.79 Å². The quantitative estimate of drug-likeness (QED) is 0.920. The van der Waals surface area contributed by atoms with E-state index in [2.05, 4.69) is 17.4 Å². The molecule has 1 amide bonds. The Morgan fingerprint density at radius 2 is 1.91 bits per heavy atom. The predicted molar refractivity (Wildman–Crippen MR) is 86.9 cm³/mol. The van der Waals surface area contributed by atoms with Gasteiger partial charge in [-0.25, -0.2) is 0 Å². The molecule has 2 atom stereocenters. The summed E-state index contributed by atoms with van der Waals surface area (Å²) in [4.78, 5) is 12.3. The fraction of sp³-hybridized carbons (Fsp3) is 0.316. The molecule has 3 nitrogen and oxygen atoms in total. The topological polar surface area (TPSA) is 38.3 Å². The molecular weight excluding hydrogens is 274 g/mol. The zero-order valence-corrected chi connectivity index (χ0v) is 12.8. The molecule has 22 heavy (non-hydrogen) atoms. The number of nitrogens with one attached hydrogen (secondary N) is 1. The summed E-state index contributed by atoms with van der Waals surface area (Å²) in [6, 6.07) is 18.3. The Kier molecular flexibility index (Phi) is 4.42. The number of rotatable bonds is 5. The molecule has 0 aromatic heterocycles. The number of carbonyl (C=O) groups excluding carboxylic acids is 1. The minimum atomic E-state index is -0.392. The molecule has 0 aliphatic carbocycles. The molecule has 1 N–H and O–H groups in total. The Bertz CT molecular complexity index is 614. The molecule has 0 radical (unpaired) electrons. The average Bonchev–Trinajstić information content (AvgIpc) is 2.98. The number of carbonyl (C=O) groups is 1. The van der Waals surface area contributed by atoms with Gasteiger partial charge in [0.25, 0.3) is 5.91 Å². The molecule has 3 rings (SSSR count). The summed E-state index contributed by atoms with van der Waals surface area (Å²) < 4.78 is 5.72. The average molecular weight is 295 g/mol. The Hall–Kier alpha value is -2.29. The normalized spacial score (nSPS) is 17.4. The minimum Gasteiger partial charge on any atom is -0.480 e. The highest BCUT2D eigenvalue weighted by Gasteiger charge is 2.29. The SMILES string of the molecule is CC(CCc1ccccc1)NC(=O)C1Cc2ccccc2O1. The summed E-state index contributed by atoms with van der Waals surface area (Å²) in [5.41, 5.74) is 2.41. The van der Waals surface area contributed by atoms with E-state index in [1.165, 1.54) is 5.56 Å². The van der Waals surface area contributed by atoms with E-state index in [1.807, 2.05) is 49.4 Å². The smallest absolute Gasteiger partial charge is 0.261 e. The van der Waals surface area contributed by atoms with Crippen molar-refractivity contribution < 1.29 is 9.53 Å². The van der Waals surface area contributed by atoms with Crippen LogP contribution in [-0.2, 0) is 17.6 Å². The first kappa shape index (κ1) is 14.6. The molecule has 0 bridgehead atoms. The van der Waals surface area contributed by atoms with E-state index in [0.717, 1.165) is 24.2 Å². The van der Waals surface area contributed by atoms with E-state index in [4.69, 9.17) is 4.74 Å². The summed E-state index contributed by atoms with van der Waals surface area (Å²) in [6.45, 7) is 2.04. The molecule has 1 aliphatic heterocycles. The van der Waals surface area contributed by atoms with E-state index in [1.54, 1.807) is 0 Å². The largest absolute Gasteiger partial charge is 0.480 e. The van der Waals surface area contributed by atoms with Gasteiger partial charge in [0.05, 0.1) is 0 Å². The van der Waals surface area contributed by atoms with Crippen LogP contribution in [0.25, 0.3) is 0 Å². The van der Waals surface area contributed by atoms with Gasteiger partial charge in [0.15, 0.2) is 6.10 Å². The van der Waals surface area contributed by atoms with Gasteiger partial charge >= 0.3 is 0 Å². The third kappa shape index (κ3) is 3.48. The van der Waals surface area contributed by atoms with Gasteiger partial charge in [0.2, 0.25) is 0 Å². The lowest BCUT2D eigenvalue weighted by Crippen LogP contribution is -2.42. The fourth-order valence-corrected chi connectivity index (χ4v) is 2.76. The third-order valence-corrected chi connectivity index (χ3v) is 4.04. The molecular formula is C19H21NO2. The molecule has 1 heterocycles. The first-order valence-corrected chi connectivity index (χ1v) is 7.81. The maximum atomic E-state index is 12.3. The van der Waals surface area contributed by atoms with Gasteiger partial charge in [-0.1, -0.05) is 48.5 Å². The van der Waals surface area contributed by atoms with E-state index < -0.39 is 6.10 Å². The fourth-order valence-electron chi connectivity index (χ4n) is 2.76. The van der Waals surface area contributed by atoms with E-state index in [0.29, 0.717) is 6.42 Å². The van der Waals surface area contributed by atoms with Gasteiger partial charge in [-0.15, -0.1) is 0 Å². The molecule has 2 aromatic carbocycles. The van der Waals surface area contributed by atoms with E-state index in [-0.39, 0.29) is 11.9 Å². The zero-order valence-electron chi connectivity index (χ0n) is 12.8. The van der Waals surface area contributed by atoms with Crippen LogP contribution in [0.3, 0.4) is 0 Å². The van der Waals surface area contributed by atoms with Crippen molar-refractivity contribution in [2.75, 3.05) is 0 Å². The highest BCUT2D eigenvalue weighted by atomic mass is 16.5. The summed E-state index contributed by atoms with van der Waals surface area (Å²) in [5, 5.41) is 3.06. The third-order valence-electron chi connectivity index (χ3n) is 4.04. The summed E-state index contributed by atoms with van der Waals surface area (Å²) in [7, 11) is 0. The molecule has 0 spiro atoms. The first-order valence-electron chi connectivity index (χ1n) is 7.81. The van der Waals surface area contributed by atoms with Crippen LogP contribution in [0, 0.1) is 0 Å². The van der Waals surface area contributed by atoms with Crippen LogP contribution < -0.4 is 10.1 Å². The van der Waals surface area contributed by atoms with E-state index in [9.17, 15) is 4.79 Å². The Morgan fingerprint density at radius 1 is 1.18 bits per heavy atom. The lowest BCUT2D eigenvalue weighted by Gasteiger charge is -2.17. The number of para-hydroxylation sites is 1. The number of aryl methyl sites for hydroxylation is 1. The van der Waals surface area contributed by atoms with Crippen LogP contribution in [0.5, 0.6) is 5.75 Å². The van der Waals surface area contributed by atoms with Crippen molar-refractivity contribution in [1.82, 2.24) is 5.32 Å². The Labute approximate surface area is 131 Å². The summed E-state index contributed by atoms with van der Waals surface area (Å²) in [5.74, 6) is 0.816. The van der Waals surface area contributed by atoms with Crippen LogP contribution in [0.2, 0.25) is 0 Å². The van der Waals surface area contributed by atoms with Crippen molar-refractivity contribution >= 4 is 5.91 Å². The summed E-state index contributed by atoms with van der Waals surface area (Å²) in [6.07, 6.45) is 2.16. The molecule has 0 fully saturated rings.